The summed E-state index contributed by atoms with van der Waals surface area (Å²) in [6.45, 7) is 0.133. The molecule has 1 fully saturated rings. The molecule has 0 aromatic rings. The molecule has 0 bridgehead atoms. The van der Waals surface area contributed by atoms with Gasteiger partial charge in [-0.3, -0.25) is 38.4 Å². The smallest absolute Gasteiger partial charge is 0.303 e. The van der Waals surface area contributed by atoms with Crippen LogP contribution in [0.5, 0.6) is 0 Å². The lowest BCUT2D eigenvalue weighted by Crippen LogP contribution is -2.59. The van der Waals surface area contributed by atoms with E-state index in [0.29, 0.717) is 19.4 Å². The lowest BCUT2D eigenvalue weighted by Gasteiger charge is -2.26. The van der Waals surface area contributed by atoms with Crippen molar-refractivity contribution >= 4 is 47.4 Å². The fourth-order valence-corrected chi connectivity index (χ4v) is 3.79. The van der Waals surface area contributed by atoms with Crippen molar-refractivity contribution in [2.45, 2.75) is 69.6 Å². The second-order valence-electron chi connectivity index (χ2n) is 8.79. The second kappa shape index (κ2) is 15.9. The first-order valence-electron chi connectivity index (χ1n) is 12.1. The fourth-order valence-electron chi connectivity index (χ4n) is 3.79. The number of aliphatic hydroxyl groups excluding tert-OH is 1. The number of rotatable bonds is 16. The molecule has 1 aliphatic rings. The van der Waals surface area contributed by atoms with E-state index in [1.807, 2.05) is 0 Å². The molecule has 0 aromatic heterocycles. The number of carboxylic acids is 2. The van der Waals surface area contributed by atoms with E-state index in [-0.39, 0.29) is 5.91 Å². The predicted octanol–water partition coefficient (Wildman–Crippen LogP) is -4.22. The van der Waals surface area contributed by atoms with Gasteiger partial charge in [0.15, 0.2) is 0 Å². The maximum absolute atomic E-state index is 12.9. The van der Waals surface area contributed by atoms with Crippen LogP contribution in [-0.2, 0) is 38.4 Å². The average molecular weight is 559 g/mol. The van der Waals surface area contributed by atoms with Crippen LogP contribution in [0.1, 0.15) is 45.4 Å². The Morgan fingerprint density at radius 3 is 1.82 bits per heavy atom. The lowest BCUT2D eigenvalue weighted by molar-refractivity contribution is -0.140. The quantitative estimate of drug-likeness (QED) is 0.0898. The van der Waals surface area contributed by atoms with Crippen molar-refractivity contribution in [1.82, 2.24) is 26.2 Å². The van der Waals surface area contributed by atoms with Crippen molar-refractivity contribution in [3.05, 3.63) is 0 Å². The van der Waals surface area contributed by atoms with E-state index in [1.165, 1.54) is 11.8 Å². The minimum atomic E-state index is -1.57. The van der Waals surface area contributed by atoms with Gasteiger partial charge in [0.25, 0.3) is 0 Å². The van der Waals surface area contributed by atoms with Crippen molar-refractivity contribution in [3.8, 4) is 0 Å². The van der Waals surface area contributed by atoms with E-state index in [0.717, 1.165) is 0 Å². The number of carbonyl (C=O) groups excluding carboxylic acids is 6. The summed E-state index contributed by atoms with van der Waals surface area (Å²) in [7, 11) is 0. The first-order chi connectivity index (χ1) is 18.3. The van der Waals surface area contributed by atoms with E-state index in [2.05, 4.69) is 21.3 Å². The Kier molecular flexibility index (Phi) is 13.3. The van der Waals surface area contributed by atoms with E-state index in [9.17, 15) is 43.5 Å². The minimum Gasteiger partial charge on any atom is -0.481 e. The highest BCUT2D eigenvalue weighted by molar-refractivity contribution is 5.96. The van der Waals surface area contributed by atoms with Gasteiger partial charge in [-0.05, 0) is 25.7 Å². The molecule has 0 aromatic carbocycles. The number of nitrogens with two attached hydrogens (primary N) is 1. The molecule has 218 valence electrons. The normalized spacial score (nSPS) is 16.8. The van der Waals surface area contributed by atoms with Gasteiger partial charge in [-0.2, -0.15) is 0 Å². The number of primary amides is 1. The topological polar surface area (TPSA) is 275 Å². The van der Waals surface area contributed by atoms with Crippen molar-refractivity contribution < 1.29 is 53.7 Å². The van der Waals surface area contributed by atoms with Gasteiger partial charge in [0.1, 0.15) is 24.2 Å². The van der Waals surface area contributed by atoms with Crippen LogP contribution in [0.3, 0.4) is 0 Å². The third-order valence-electron chi connectivity index (χ3n) is 5.77. The second-order valence-corrected chi connectivity index (χ2v) is 8.79. The monoisotopic (exact) mass is 558 g/mol. The Morgan fingerprint density at radius 1 is 0.846 bits per heavy atom. The molecule has 1 aliphatic heterocycles. The number of hydrogen-bond acceptors (Lipinski definition) is 9. The van der Waals surface area contributed by atoms with E-state index < -0.39 is 104 Å². The fraction of sp³-hybridized carbons (Fsp3) is 0.636. The van der Waals surface area contributed by atoms with Gasteiger partial charge >= 0.3 is 11.9 Å². The Labute approximate surface area is 222 Å². The van der Waals surface area contributed by atoms with Crippen LogP contribution in [0, 0.1) is 0 Å². The van der Waals surface area contributed by atoms with Crippen molar-refractivity contribution in [2.24, 2.45) is 5.73 Å². The summed E-state index contributed by atoms with van der Waals surface area (Å²) in [6.07, 6.45) is -1.13. The van der Waals surface area contributed by atoms with Crippen molar-refractivity contribution in [2.75, 3.05) is 19.7 Å². The summed E-state index contributed by atoms with van der Waals surface area (Å²) in [5, 5.41) is 36.5. The summed E-state index contributed by atoms with van der Waals surface area (Å²) in [6, 6.07) is -5.47. The number of carboxylic acid groups (broad SMARTS) is 2. The molecule has 0 spiro atoms. The van der Waals surface area contributed by atoms with Crippen LogP contribution in [0.4, 0.5) is 0 Å². The molecule has 0 saturated carbocycles. The lowest BCUT2D eigenvalue weighted by atomic mass is 10.1. The Bertz CT molecular complexity index is 972. The molecular formula is C22H34N6O11. The van der Waals surface area contributed by atoms with Crippen LogP contribution in [0.15, 0.2) is 0 Å². The molecule has 0 radical (unpaired) electrons. The van der Waals surface area contributed by atoms with Gasteiger partial charge in [-0.25, -0.2) is 0 Å². The number of carbonyl (C=O) groups is 8. The number of hydrogen-bond donors (Lipinski definition) is 8. The minimum absolute atomic E-state index is 0.338. The van der Waals surface area contributed by atoms with Gasteiger partial charge in [0.05, 0.1) is 13.2 Å². The molecule has 17 heteroatoms. The van der Waals surface area contributed by atoms with Gasteiger partial charge in [-0.1, -0.05) is 0 Å². The van der Waals surface area contributed by atoms with Crippen molar-refractivity contribution in [1.29, 1.82) is 0 Å². The third kappa shape index (κ3) is 11.3. The summed E-state index contributed by atoms with van der Waals surface area (Å²) in [5.41, 5.74) is 4.97. The number of nitrogens with zero attached hydrogens (tertiary/aromatic N) is 1. The average Bonchev–Trinajstić information content (AvgIpc) is 3.36. The van der Waals surface area contributed by atoms with Crippen LogP contribution < -0.4 is 27.0 Å². The molecular weight excluding hydrogens is 524 g/mol. The molecule has 1 rings (SSSR count). The van der Waals surface area contributed by atoms with Crippen LogP contribution in [-0.4, -0.2) is 111 Å². The third-order valence-corrected chi connectivity index (χ3v) is 5.77. The molecule has 0 aliphatic carbocycles. The van der Waals surface area contributed by atoms with Gasteiger partial charge < -0.3 is 47.2 Å². The summed E-state index contributed by atoms with van der Waals surface area (Å²) in [5.74, 6) is -7.62. The number of amides is 6. The molecule has 1 heterocycles. The van der Waals surface area contributed by atoms with E-state index in [4.69, 9.17) is 15.9 Å². The maximum Gasteiger partial charge on any atom is 0.303 e. The molecule has 4 atom stereocenters. The molecule has 6 amide bonds. The zero-order valence-electron chi connectivity index (χ0n) is 21.3. The molecule has 0 unspecified atom stereocenters. The van der Waals surface area contributed by atoms with Crippen molar-refractivity contribution in [3.63, 3.8) is 0 Å². The van der Waals surface area contributed by atoms with Gasteiger partial charge in [0, 0.05) is 26.3 Å². The summed E-state index contributed by atoms with van der Waals surface area (Å²) in [4.78, 5) is 96.8. The van der Waals surface area contributed by atoms with E-state index in [1.54, 1.807) is 0 Å². The van der Waals surface area contributed by atoms with Crippen LogP contribution in [0.25, 0.3) is 0 Å². The molecule has 39 heavy (non-hydrogen) atoms. The summed E-state index contributed by atoms with van der Waals surface area (Å²) >= 11 is 0. The van der Waals surface area contributed by atoms with Crippen LogP contribution >= 0.6 is 0 Å². The molecule has 9 N–H and O–H groups in total. The predicted molar refractivity (Wildman–Crippen MR) is 129 cm³/mol. The first-order valence-corrected chi connectivity index (χ1v) is 12.1. The Balaban J connectivity index is 3.00. The highest BCUT2D eigenvalue weighted by Gasteiger charge is 2.35. The number of nitrogens with one attached hydrogen (secondary N) is 4. The SMILES string of the molecule is CC(=O)N1CCC[C@H]1C(=O)N[C@@H](CO)C(=O)N[C@@H](CCC(=O)O)C(=O)N[C@@H](CCC(=O)O)C(=O)NCC(N)=O. The number of aliphatic hydroxyl groups is 1. The summed E-state index contributed by atoms with van der Waals surface area (Å²) < 4.78 is 0. The standard InChI is InChI=1S/C22H34N6O11/c1-11(30)28-8-2-3-15(28)22(39)27-14(10-29)21(38)26-13(5-7-18(34)35)20(37)25-12(4-6-17(32)33)19(36)24-9-16(23)31/h12-15,29H,2-10H2,1H3,(H2,23,31)(H,24,36)(H,25,37)(H,26,38)(H,27,39)(H,32,33)(H,34,35)/t12-,13-,14-,15-/m0/s1. The molecule has 17 nitrogen and oxygen atoms in total. The number of likely N-dealkylation sites (tertiary alicyclic amines) is 1. The Morgan fingerprint density at radius 2 is 1.36 bits per heavy atom. The zero-order valence-corrected chi connectivity index (χ0v) is 21.3. The maximum atomic E-state index is 12.9. The van der Waals surface area contributed by atoms with Gasteiger partial charge in [-0.15, -0.1) is 0 Å². The molecule has 1 saturated heterocycles. The highest BCUT2D eigenvalue weighted by atomic mass is 16.4. The zero-order chi connectivity index (χ0) is 29.7. The van der Waals surface area contributed by atoms with Gasteiger partial charge in [0.2, 0.25) is 35.4 Å². The highest BCUT2D eigenvalue weighted by Crippen LogP contribution is 2.17. The number of aliphatic carboxylic acids is 2. The largest absolute Gasteiger partial charge is 0.481 e. The Hall–Kier alpha value is -4.28. The van der Waals surface area contributed by atoms with Crippen LogP contribution in [0.2, 0.25) is 0 Å². The first kappa shape index (κ1) is 32.7. The van der Waals surface area contributed by atoms with E-state index >= 15 is 0 Å².